The van der Waals surface area contributed by atoms with Crippen molar-refractivity contribution in [3.8, 4) is 0 Å². The molecule has 0 spiro atoms. The number of sulfonamides is 1. The van der Waals surface area contributed by atoms with Crippen LogP contribution in [0.15, 0.2) is 59.5 Å². The molecule has 0 unspecified atom stereocenters. The Bertz CT molecular complexity index is 737. The van der Waals surface area contributed by atoms with Gasteiger partial charge in [0.2, 0.25) is 0 Å². The van der Waals surface area contributed by atoms with Crippen molar-refractivity contribution in [3.05, 3.63) is 54.6 Å². The summed E-state index contributed by atoms with van der Waals surface area (Å²) in [4.78, 5) is -0.0611. The fourth-order valence-corrected chi connectivity index (χ4v) is 3.73. The zero-order valence-electron chi connectivity index (χ0n) is 10.2. The maximum absolute atomic E-state index is 12.1. The van der Waals surface area contributed by atoms with Gasteiger partial charge in [0.1, 0.15) is 0 Å². The standard InChI is InChI=1S/C12H12AsNO5S/c15-13(16,17)10-6-8-12(9-7-10)20(18,19)14-11-4-2-1-3-5-11/h1-9,14H,(H2,15,16,17). The first-order valence-corrected chi connectivity index (χ1v) is 10.4. The van der Waals surface area contributed by atoms with Gasteiger partial charge in [-0.25, -0.2) is 0 Å². The van der Waals surface area contributed by atoms with Crippen molar-refractivity contribution in [2.75, 3.05) is 4.72 Å². The van der Waals surface area contributed by atoms with E-state index in [1.807, 2.05) is 0 Å². The fraction of sp³-hybridized carbons (Fsp3) is 0. The van der Waals surface area contributed by atoms with Crippen LogP contribution in [0, 0.1) is 0 Å². The molecule has 0 aliphatic heterocycles. The summed E-state index contributed by atoms with van der Waals surface area (Å²) in [6.45, 7) is 0. The third kappa shape index (κ3) is 3.52. The van der Waals surface area contributed by atoms with Gasteiger partial charge in [0, 0.05) is 0 Å². The first-order valence-electron chi connectivity index (χ1n) is 5.53. The summed E-state index contributed by atoms with van der Waals surface area (Å²) in [5.74, 6) is 0. The molecule has 2 aromatic rings. The normalized spacial score (nSPS) is 12.1. The summed E-state index contributed by atoms with van der Waals surface area (Å²) < 4.78 is 55.5. The molecule has 0 atom stereocenters. The summed E-state index contributed by atoms with van der Waals surface area (Å²) in [5, 5.41) is 0. The Hall–Kier alpha value is -1.53. The van der Waals surface area contributed by atoms with Crippen LogP contribution in [-0.4, -0.2) is 30.8 Å². The van der Waals surface area contributed by atoms with E-state index in [4.69, 9.17) is 8.19 Å². The molecule has 3 N–H and O–H groups in total. The molecule has 0 saturated carbocycles. The van der Waals surface area contributed by atoms with Crippen molar-refractivity contribution in [3.63, 3.8) is 0 Å². The second-order valence-corrected chi connectivity index (χ2v) is 9.06. The third-order valence-corrected chi connectivity index (χ3v) is 5.94. The second-order valence-electron chi connectivity index (χ2n) is 4.01. The Kier molecular flexibility index (Phi) is 4.06. The van der Waals surface area contributed by atoms with E-state index >= 15 is 0 Å². The molecule has 0 aliphatic rings. The van der Waals surface area contributed by atoms with Crippen LogP contribution < -0.4 is 9.07 Å². The fourth-order valence-electron chi connectivity index (χ4n) is 1.54. The number of nitrogens with one attached hydrogen (secondary N) is 1. The van der Waals surface area contributed by atoms with Crippen molar-refractivity contribution in [2.24, 2.45) is 0 Å². The SMILES string of the molecule is O=S(=O)(Nc1ccccc1)c1ccc([As](=O)(O)O)cc1. The number of para-hydroxylation sites is 1. The predicted molar refractivity (Wildman–Crippen MR) is 74.2 cm³/mol. The topological polar surface area (TPSA) is 104 Å². The van der Waals surface area contributed by atoms with Crippen LogP contribution in [0.3, 0.4) is 0 Å². The van der Waals surface area contributed by atoms with Crippen molar-refractivity contribution in [2.45, 2.75) is 4.90 Å². The number of hydrogen-bond acceptors (Lipinski definition) is 3. The third-order valence-electron chi connectivity index (χ3n) is 2.51. The Balaban J connectivity index is 2.29. The van der Waals surface area contributed by atoms with Gasteiger partial charge in [-0.1, -0.05) is 0 Å². The molecule has 8 heteroatoms. The molecule has 20 heavy (non-hydrogen) atoms. The first kappa shape index (κ1) is 14.9. The zero-order valence-corrected chi connectivity index (χ0v) is 12.9. The number of benzene rings is 2. The van der Waals surface area contributed by atoms with E-state index in [2.05, 4.69) is 4.72 Å². The Morgan fingerprint density at radius 2 is 1.45 bits per heavy atom. The molecular weight excluding hydrogens is 345 g/mol. The predicted octanol–water partition coefficient (Wildman–Crippen LogP) is 0.0484. The monoisotopic (exact) mass is 357 g/mol. The minimum atomic E-state index is -4.99. The molecule has 0 aliphatic carbocycles. The molecule has 0 bridgehead atoms. The van der Waals surface area contributed by atoms with Gasteiger partial charge >= 0.3 is 119 Å². The van der Waals surface area contributed by atoms with Crippen LogP contribution in [-0.2, 0) is 13.8 Å². The molecule has 0 heterocycles. The molecule has 0 amide bonds. The summed E-state index contributed by atoms with van der Waals surface area (Å²) in [6.07, 6.45) is 0. The number of rotatable bonds is 4. The Morgan fingerprint density at radius 1 is 0.900 bits per heavy atom. The van der Waals surface area contributed by atoms with Gasteiger partial charge in [0.05, 0.1) is 0 Å². The average Bonchev–Trinajstić information content (AvgIpc) is 2.38. The van der Waals surface area contributed by atoms with E-state index in [0.717, 1.165) is 12.1 Å². The van der Waals surface area contributed by atoms with Gasteiger partial charge < -0.3 is 0 Å². The summed E-state index contributed by atoms with van der Waals surface area (Å²) in [6, 6.07) is 12.9. The van der Waals surface area contributed by atoms with Crippen molar-refractivity contribution in [1.29, 1.82) is 0 Å². The number of anilines is 1. The van der Waals surface area contributed by atoms with Gasteiger partial charge in [0.25, 0.3) is 0 Å². The van der Waals surface area contributed by atoms with Crippen molar-refractivity contribution >= 4 is 34.2 Å². The van der Waals surface area contributed by atoms with Crippen LogP contribution in [0.1, 0.15) is 0 Å². The van der Waals surface area contributed by atoms with E-state index in [-0.39, 0.29) is 9.25 Å². The van der Waals surface area contributed by atoms with E-state index in [1.54, 1.807) is 30.3 Å². The van der Waals surface area contributed by atoms with E-state index in [0.29, 0.717) is 5.69 Å². The number of hydrogen-bond donors (Lipinski definition) is 3. The minimum absolute atomic E-state index is 0.0611. The summed E-state index contributed by atoms with van der Waals surface area (Å²) in [7, 11) is -3.77. The summed E-state index contributed by atoms with van der Waals surface area (Å²) in [5.41, 5.74) is 0.413. The molecule has 0 saturated heterocycles. The van der Waals surface area contributed by atoms with Gasteiger partial charge in [-0.2, -0.15) is 0 Å². The average molecular weight is 357 g/mol. The van der Waals surface area contributed by atoms with Crippen molar-refractivity contribution in [1.82, 2.24) is 0 Å². The van der Waals surface area contributed by atoms with Crippen LogP contribution in [0.4, 0.5) is 5.69 Å². The van der Waals surface area contributed by atoms with Gasteiger partial charge in [-0.3, -0.25) is 0 Å². The maximum atomic E-state index is 12.1. The van der Waals surface area contributed by atoms with E-state index < -0.39 is 24.2 Å². The first-order chi connectivity index (χ1) is 9.29. The Labute approximate surface area is 119 Å². The molecule has 6 nitrogen and oxygen atoms in total. The summed E-state index contributed by atoms with van der Waals surface area (Å²) >= 11 is -4.99. The second kappa shape index (κ2) is 5.46. The van der Waals surface area contributed by atoms with Crippen LogP contribution >= 0.6 is 0 Å². The molecule has 2 rings (SSSR count). The molecular formula is C12H12AsNO5S. The van der Waals surface area contributed by atoms with Gasteiger partial charge in [0.15, 0.2) is 0 Å². The Morgan fingerprint density at radius 3 is 1.95 bits per heavy atom. The van der Waals surface area contributed by atoms with Crippen molar-refractivity contribution < 1.29 is 20.3 Å². The van der Waals surface area contributed by atoms with E-state index in [9.17, 15) is 12.2 Å². The van der Waals surface area contributed by atoms with Gasteiger partial charge in [-0.05, 0) is 0 Å². The van der Waals surface area contributed by atoms with Gasteiger partial charge in [-0.15, -0.1) is 0 Å². The quantitative estimate of drug-likeness (QED) is 0.671. The zero-order chi connectivity index (χ0) is 14.8. The van der Waals surface area contributed by atoms with Crippen LogP contribution in [0.5, 0.6) is 0 Å². The van der Waals surface area contributed by atoms with Crippen LogP contribution in [0.25, 0.3) is 0 Å². The molecule has 0 aromatic heterocycles. The molecule has 2 aromatic carbocycles. The molecule has 0 radical (unpaired) electrons. The molecule has 0 fully saturated rings. The van der Waals surface area contributed by atoms with Crippen LogP contribution in [0.2, 0.25) is 0 Å². The molecule has 106 valence electrons. The van der Waals surface area contributed by atoms with E-state index in [1.165, 1.54) is 12.1 Å².